The zero-order chi connectivity index (χ0) is 8.69. The Morgan fingerprint density at radius 2 is 2.09 bits per heavy atom. The van der Waals surface area contributed by atoms with Crippen molar-refractivity contribution >= 4 is 11.9 Å². The van der Waals surface area contributed by atoms with E-state index in [0.29, 0.717) is 0 Å². The second-order valence-corrected chi connectivity index (χ2v) is 3.25. The van der Waals surface area contributed by atoms with Gasteiger partial charge in [-0.2, -0.15) is 0 Å². The van der Waals surface area contributed by atoms with E-state index in [2.05, 4.69) is 23.6 Å². The molecule has 2 heteroatoms. The van der Waals surface area contributed by atoms with Crippen molar-refractivity contribution in [3.63, 3.8) is 0 Å². The normalized spacial score (nSPS) is 18.4. The molecule has 1 rings (SSSR count). The molecule has 0 atom stereocenters. The minimum atomic E-state index is 1.13. The monoisotopic (exact) mass is 173 g/mol. The molecule has 0 spiro atoms. The van der Waals surface area contributed by atoms with Crippen LogP contribution in [0.25, 0.3) is 0 Å². The summed E-state index contributed by atoms with van der Waals surface area (Å²) in [6.07, 6.45) is 5.69. The quantitative estimate of drug-likeness (QED) is 0.443. The highest BCUT2D eigenvalue weighted by molar-refractivity contribution is 7.96. The Kier molecular flexibility index (Phi) is 6.77. The summed E-state index contributed by atoms with van der Waals surface area (Å²) in [6.45, 7) is 8.56. The van der Waals surface area contributed by atoms with Crippen LogP contribution in [0.5, 0.6) is 0 Å². The Morgan fingerprint density at radius 1 is 1.45 bits per heavy atom. The molecule has 0 radical (unpaired) electrons. The number of rotatable bonds is 1. The lowest BCUT2D eigenvalue weighted by Crippen LogP contribution is -2.20. The summed E-state index contributed by atoms with van der Waals surface area (Å²) in [5, 5.41) is 0. The molecule has 1 aliphatic heterocycles. The van der Waals surface area contributed by atoms with Crippen molar-refractivity contribution < 1.29 is 0 Å². The molecule has 1 aliphatic rings. The van der Waals surface area contributed by atoms with E-state index in [1.165, 1.54) is 13.0 Å². The summed E-state index contributed by atoms with van der Waals surface area (Å²) in [4.78, 5) is 0. The molecule has 0 fully saturated rings. The van der Waals surface area contributed by atoms with Crippen molar-refractivity contribution in [2.24, 2.45) is 0 Å². The van der Waals surface area contributed by atoms with Crippen LogP contribution in [-0.2, 0) is 0 Å². The van der Waals surface area contributed by atoms with Gasteiger partial charge in [0.15, 0.2) is 0 Å². The molecule has 11 heavy (non-hydrogen) atoms. The van der Waals surface area contributed by atoms with Crippen LogP contribution in [0.2, 0.25) is 0 Å². The van der Waals surface area contributed by atoms with Gasteiger partial charge >= 0.3 is 0 Å². The van der Waals surface area contributed by atoms with E-state index < -0.39 is 0 Å². The van der Waals surface area contributed by atoms with Gasteiger partial charge in [0, 0.05) is 13.1 Å². The molecule has 1 heterocycles. The molecule has 0 unspecified atom stereocenters. The summed E-state index contributed by atoms with van der Waals surface area (Å²) in [6, 6.07) is 0. The number of hydrogen-bond acceptors (Lipinski definition) is 2. The highest BCUT2D eigenvalue weighted by Gasteiger charge is 2.05. The van der Waals surface area contributed by atoms with E-state index in [1.54, 1.807) is 5.57 Å². The van der Waals surface area contributed by atoms with Crippen molar-refractivity contribution in [3.05, 3.63) is 11.6 Å². The van der Waals surface area contributed by atoms with E-state index in [9.17, 15) is 0 Å². The fourth-order valence-corrected chi connectivity index (χ4v) is 1.42. The smallest absolute Gasteiger partial charge is 0.0273 e. The fourth-order valence-electron chi connectivity index (χ4n) is 0.918. The second-order valence-electron chi connectivity index (χ2n) is 2.37. The van der Waals surface area contributed by atoms with Gasteiger partial charge in [-0.25, -0.2) is 4.31 Å². The molecular formula is C9H19NS. The molecular weight excluding hydrogens is 154 g/mol. The van der Waals surface area contributed by atoms with Crippen LogP contribution in [0.15, 0.2) is 11.6 Å². The Bertz CT molecular complexity index is 121. The minimum absolute atomic E-state index is 1.13. The molecule has 0 aromatic rings. The van der Waals surface area contributed by atoms with Gasteiger partial charge in [0.25, 0.3) is 0 Å². The Morgan fingerprint density at radius 3 is 2.45 bits per heavy atom. The maximum atomic E-state index is 2.37. The average Bonchev–Trinajstić information content (AvgIpc) is 2.10. The zero-order valence-electron chi connectivity index (χ0n) is 8.05. The van der Waals surface area contributed by atoms with Crippen LogP contribution in [-0.4, -0.2) is 23.7 Å². The first-order chi connectivity index (χ1) is 5.33. The first-order valence-corrected chi connectivity index (χ1v) is 5.46. The Hall–Kier alpha value is 0.0500. The van der Waals surface area contributed by atoms with Gasteiger partial charge in [-0.15, -0.1) is 0 Å². The van der Waals surface area contributed by atoms with Crippen molar-refractivity contribution in [1.29, 1.82) is 0 Å². The van der Waals surface area contributed by atoms with Gasteiger partial charge in [-0.05, 0) is 19.6 Å². The third kappa shape index (κ3) is 4.49. The summed E-state index contributed by atoms with van der Waals surface area (Å²) < 4.78 is 2.37. The van der Waals surface area contributed by atoms with Crippen LogP contribution >= 0.6 is 11.9 Å². The molecule has 0 amide bonds. The predicted molar refractivity (Wildman–Crippen MR) is 54.8 cm³/mol. The molecule has 66 valence electrons. The zero-order valence-corrected chi connectivity index (χ0v) is 8.87. The molecule has 0 saturated carbocycles. The molecule has 0 aromatic heterocycles. The van der Waals surface area contributed by atoms with E-state index in [1.807, 2.05) is 25.8 Å². The van der Waals surface area contributed by atoms with Crippen LogP contribution in [0.3, 0.4) is 0 Å². The lowest BCUT2D eigenvalue weighted by Gasteiger charge is -2.21. The average molecular weight is 173 g/mol. The largest absolute Gasteiger partial charge is 0.247 e. The van der Waals surface area contributed by atoms with Crippen LogP contribution in [0.1, 0.15) is 27.2 Å². The molecule has 0 saturated heterocycles. The van der Waals surface area contributed by atoms with E-state index >= 15 is 0 Å². The Balaban J connectivity index is 0.000000461. The molecule has 0 bridgehead atoms. The van der Waals surface area contributed by atoms with Crippen LogP contribution < -0.4 is 0 Å². The maximum absolute atomic E-state index is 2.37. The van der Waals surface area contributed by atoms with Gasteiger partial charge in [0.05, 0.1) is 0 Å². The van der Waals surface area contributed by atoms with Crippen molar-refractivity contribution in [2.45, 2.75) is 27.2 Å². The van der Waals surface area contributed by atoms with Gasteiger partial charge < -0.3 is 0 Å². The Labute approximate surface area is 75.0 Å². The number of nitrogens with zero attached hydrogens (tertiary/aromatic N) is 1. The van der Waals surface area contributed by atoms with Crippen molar-refractivity contribution in [1.82, 2.24) is 4.31 Å². The highest BCUT2D eigenvalue weighted by Crippen LogP contribution is 2.14. The third-order valence-corrected chi connectivity index (χ3v) is 2.51. The van der Waals surface area contributed by atoms with Gasteiger partial charge in [-0.3, -0.25) is 0 Å². The first kappa shape index (κ1) is 11.1. The lowest BCUT2D eigenvalue weighted by atomic mass is 10.1. The summed E-state index contributed by atoms with van der Waals surface area (Å²) in [7, 11) is 0. The summed E-state index contributed by atoms with van der Waals surface area (Å²) in [5.41, 5.74) is 1.54. The maximum Gasteiger partial charge on any atom is 0.0273 e. The van der Waals surface area contributed by atoms with Crippen LogP contribution in [0, 0.1) is 0 Å². The standard InChI is InChI=1S/C7H13NS.C2H6/c1-7-3-5-8(9-2)6-4-7;1-2/h3H,4-6H2,1-2H3;1-2H3. The third-order valence-electron chi connectivity index (χ3n) is 1.66. The van der Waals surface area contributed by atoms with Crippen LogP contribution in [0.4, 0.5) is 0 Å². The van der Waals surface area contributed by atoms with E-state index in [0.717, 1.165) is 6.54 Å². The SMILES string of the molecule is CC.CSN1CC=C(C)CC1. The number of hydrogen-bond donors (Lipinski definition) is 0. The van der Waals surface area contributed by atoms with Gasteiger partial charge in [0.1, 0.15) is 0 Å². The molecule has 0 N–H and O–H groups in total. The second kappa shape index (κ2) is 6.74. The van der Waals surface area contributed by atoms with E-state index in [-0.39, 0.29) is 0 Å². The predicted octanol–water partition coefficient (Wildman–Crippen LogP) is 2.94. The summed E-state index contributed by atoms with van der Waals surface area (Å²) >= 11 is 1.84. The highest BCUT2D eigenvalue weighted by atomic mass is 32.2. The summed E-state index contributed by atoms with van der Waals surface area (Å²) in [5.74, 6) is 0. The van der Waals surface area contributed by atoms with Crippen molar-refractivity contribution in [2.75, 3.05) is 19.3 Å². The first-order valence-electron chi connectivity index (χ1n) is 4.27. The minimum Gasteiger partial charge on any atom is -0.247 e. The lowest BCUT2D eigenvalue weighted by molar-refractivity contribution is 0.501. The molecule has 0 aliphatic carbocycles. The van der Waals surface area contributed by atoms with E-state index in [4.69, 9.17) is 0 Å². The fraction of sp³-hybridized carbons (Fsp3) is 0.778. The van der Waals surface area contributed by atoms with Gasteiger partial charge in [-0.1, -0.05) is 37.4 Å². The van der Waals surface area contributed by atoms with Crippen molar-refractivity contribution in [3.8, 4) is 0 Å². The molecule has 0 aromatic carbocycles. The molecule has 1 nitrogen and oxygen atoms in total. The van der Waals surface area contributed by atoms with Gasteiger partial charge in [0.2, 0.25) is 0 Å². The topological polar surface area (TPSA) is 3.24 Å².